The van der Waals surface area contributed by atoms with Crippen molar-refractivity contribution in [2.75, 3.05) is 0 Å². The van der Waals surface area contributed by atoms with Gasteiger partial charge in [-0.25, -0.2) is 4.79 Å². The topological polar surface area (TPSA) is 222 Å². The number of amides is 3. The smallest absolute Gasteiger partial charge is 0.326 e. The van der Waals surface area contributed by atoms with Crippen molar-refractivity contribution in [2.24, 2.45) is 11.5 Å². The van der Waals surface area contributed by atoms with Gasteiger partial charge in [0.1, 0.15) is 17.8 Å². The van der Waals surface area contributed by atoms with Crippen LogP contribution in [0, 0.1) is 0 Å². The summed E-state index contributed by atoms with van der Waals surface area (Å²) >= 11 is 0. The molecule has 0 saturated carbocycles. The van der Waals surface area contributed by atoms with Gasteiger partial charge in [0.2, 0.25) is 17.7 Å². The lowest BCUT2D eigenvalue weighted by Gasteiger charge is -2.23. The second-order valence-corrected chi connectivity index (χ2v) is 6.88. The number of primary amides is 1. The van der Waals surface area contributed by atoms with Crippen LogP contribution >= 0.6 is 0 Å². The van der Waals surface area contributed by atoms with Crippen LogP contribution < -0.4 is 22.1 Å². The molecule has 170 valence electrons. The van der Waals surface area contributed by atoms with Crippen LogP contribution in [0.2, 0.25) is 0 Å². The fourth-order valence-corrected chi connectivity index (χ4v) is 2.58. The van der Waals surface area contributed by atoms with Crippen LogP contribution in [0.25, 0.3) is 0 Å². The van der Waals surface area contributed by atoms with Crippen LogP contribution in [0.15, 0.2) is 24.3 Å². The highest BCUT2D eigenvalue weighted by Gasteiger charge is 2.28. The van der Waals surface area contributed by atoms with Gasteiger partial charge in [-0.3, -0.25) is 19.2 Å². The average Bonchev–Trinajstić information content (AvgIpc) is 2.69. The lowest BCUT2D eigenvalue weighted by atomic mass is 10.0. The molecule has 0 radical (unpaired) electrons. The van der Waals surface area contributed by atoms with E-state index in [9.17, 15) is 34.2 Å². The number of carbonyl (C=O) groups is 5. The largest absolute Gasteiger partial charge is 0.508 e. The highest BCUT2D eigenvalue weighted by Crippen LogP contribution is 2.12. The highest BCUT2D eigenvalue weighted by molar-refractivity contribution is 5.92. The number of phenolic OH excluding ortho intramolecular Hbond substituents is 1. The minimum absolute atomic E-state index is 0.0122. The van der Waals surface area contributed by atoms with Gasteiger partial charge in [-0.05, 0) is 30.5 Å². The quantitative estimate of drug-likeness (QED) is 0.189. The third kappa shape index (κ3) is 9.58. The van der Waals surface area contributed by atoms with E-state index in [1.54, 1.807) is 0 Å². The first-order chi connectivity index (χ1) is 14.5. The van der Waals surface area contributed by atoms with Crippen LogP contribution in [-0.2, 0) is 30.4 Å². The first kappa shape index (κ1) is 25.4. The standard InChI is InChI=1S/C19H26N4O8/c20-12(5-8-16(26)27)17(28)23-14(9-10-1-3-11(24)4-2-10)18(29)22-13(19(30)31)6-7-15(21)25/h1-4,12-14,24H,5-9,20H2,(H2,21,25)(H,22,29)(H,23,28)(H,26,27)(H,30,31). The summed E-state index contributed by atoms with van der Waals surface area (Å²) in [5.74, 6) is -4.91. The number of aromatic hydroxyl groups is 1. The fraction of sp³-hybridized carbons (Fsp3) is 0.421. The molecule has 0 bridgehead atoms. The van der Waals surface area contributed by atoms with Crippen molar-refractivity contribution in [3.05, 3.63) is 29.8 Å². The van der Waals surface area contributed by atoms with Crippen LogP contribution in [0.1, 0.15) is 31.2 Å². The van der Waals surface area contributed by atoms with E-state index in [-0.39, 0.29) is 37.9 Å². The Labute approximate surface area is 177 Å². The number of rotatable bonds is 13. The van der Waals surface area contributed by atoms with E-state index in [1.165, 1.54) is 24.3 Å². The second kappa shape index (κ2) is 12.1. The third-order valence-electron chi connectivity index (χ3n) is 4.31. The van der Waals surface area contributed by atoms with E-state index in [4.69, 9.17) is 16.6 Å². The summed E-state index contributed by atoms with van der Waals surface area (Å²) in [6.45, 7) is 0. The molecule has 0 saturated heterocycles. The Morgan fingerprint density at radius 1 is 0.871 bits per heavy atom. The van der Waals surface area contributed by atoms with Crippen molar-refractivity contribution in [1.29, 1.82) is 0 Å². The lowest BCUT2D eigenvalue weighted by Crippen LogP contribution is -2.55. The van der Waals surface area contributed by atoms with Crippen LogP contribution in [0.5, 0.6) is 5.75 Å². The van der Waals surface area contributed by atoms with Gasteiger partial charge in [-0.1, -0.05) is 12.1 Å². The van der Waals surface area contributed by atoms with Gasteiger partial charge < -0.3 is 37.4 Å². The Bertz CT molecular complexity index is 812. The second-order valence-electron chi connectivity index (χ2n) is 6.88. The molecule has 1 aromatic rings. The van der Waals surface area contributed by atoms with Crippen molar-refractivity contribution >= 4 is 29.7 Å². The number of hydrogen-bond acceptors (Lipinski definition) is 7. The molecular weight excluding hydrogens is 412 g/mol. The molecule has 0 fully saturated rings. The maximum Gasteiger partial charge on any atom is 0.326 e. The van der Waals surface area contributed by atoms with Crippen molar-refractivity contribution in [3.63, 3.8) is 0 Å². The molecule has 0 aliphatic rings. The molecule has 0 heterocycles. The SMILES string of the molecule is NC(=O)CCC(NC(=O)C(Cc1ccc(O)cc1)NC(=O)C(N)CCC(=O)O)C(=O)O. The van der Waals surface area contributed by atoms with Crippen molar-refractivity contribution in [1.82, 2.24) is 10.6 Å². The monoisotopic (exact) mass is 438 g/mol. The van der Waals surface area contributed by atoms with Gasteiger partial charge in [0.25, 0.3) is 0 Å². The zero-order valence-corrected chi connectivity index (χ0v) is 16.6. The highest BCUT2D eigenvalue weighted by atomic mass is 16.4. The molecule has 9 N–H and O–H groups in total. The van der Waals surface area contributed by atoms with E-state index in [0.717, 1.165) is 0 Å². The summed E-state index contributed by atoms with van der Waals surface area (Å²) in [6.07, 6.45) is -1.09. The van der Waals surface area contributed by atoms with Gasteiger partial charge in [0.15, 0.2) is 0 Å². The minimum Gasteiger partial charge on any atom is -0.508 e. The maximum absolute atomic E-state index is 12.7. The Morgan fingerprint density at radius 2 is 1.45 bits per heavy atom. The Kier molecular flexibility index (Phi) is 9.92. The predicted molar refractivity (Wildman–Crippen MR) is 107 cm³/mol. The molecule has 12 nitrogen and oxygen atoms in total. The normalized spacial score (nSPS) is 13.5. The third-order valence-corrected chi connectivity index (χ3v) is 4.31. The molecule has 3 unspecified atom stereocenters. The van der Waals surface area contributed by atoms with Gasteiger partial charge in [0.05, 0.1) is 6.04 Å². The number of carboxylic acids is 2. The Morgan fingerprint density at radius 3 is 1.97 bits per heavy atom. The van der Waals surface area contributed by atoms with E-state index in [1.807, 2.05) is 0 Å². The number of carboxylic acid groups (broad SMARTS) is 2. The molecule has 0 spiro atoms. The molecule has 0 aliphatic carbocycles. The van der Waals surface area contributed by atoms with Crippen LogP contribution in [0.3, 0.4) is 0 Å². The summed E-state index contributed by atoms with van der Waals surface area (Å²) in [7, 11) is 0. The first-order valence-corrected chi connectivity index (χ1v) is 9.36. The number of nitrogens with two attached hydrogens (primary N) is 2. The number of aliphatic carboxylic acids is 2. The summed E-state index contributed by atoms with van der Waals surface area (Å²) in [5.41, 5.74) is 11.2. The molecule has 1 aromatic carbocycles. The Balaban J connectivity index is 2.96. The summed E-state index contributed by atoms with van der Waals surface area (Å²) in [4.78, 5) is 58.0. The van der Waals surface area contributed by atoms with Crippen molar-refractivity contribution < 1.29 is 39.3 Å². The van der Waals surface area contributed by atoms with Gasteiger partial charge in [-0.2, -0.15) is 0 Å². The number of benzene rings is 1. The molecule has 31 heavy (non-hydrogen) atoms. The molecule has 12 heteroatoms. The summed E-state index contributed by atoms with van der Waals surface area (Å²) in [6, 6.07) is 1.90. The van der Waals surface area contributed by atoms with Gasteiger partial charge in [0, 0.05) is 19.3 Å². The van der Waals surface area contributed by atoms with Gasteiger partial charge in [-0.15, -0.1) is 0 Å². The van der Waals surface area contributed by atoms with E-state index in [2.05, 4.69) is 10.6 Å². The van der Waals surface area contributed by atoms with E-state index >= 15 is 0 Å². The number of carbonyl (C=O) groups excluding carboxylic acids is 3. The molecule has 0 aliphatic heterocycles. The van der Waals surface area contributed by atoms with E-state index < -0.39 is 47.8 Å². The van der Waals surface area contributed by atoms with Crippen LogP contribution in [-0.4, -0.2) is 63.1 Å². The lowest BCUT2D eigenvalue weighted by molar-refractivity contribution is -0.142. The molecular formula is C19H26N4O8. The fourth-order valence-electron chi connectivity index (χ4n) is 2.58. The average molecular weight is 438 g/mol. The summed E-state index contributed by atoms with van der Waals surface area (Å²) < 4.78 is 0. The van der Waals surface area contributed by atoms with Crippen LogP contribution in [0.4, 0.5) is 0 Å². The molecule has 3 atom stereocenters. The first-order valence-electron chi connectivity index (χ1n) is 9.36. The molecule has 1 rings (SSSR count). The Hall–Kier alpha value is -3.67. The van der Waals surface area contributed by atoms with E-state index in [0.29, 0.717) is 5.56 Å². The number of nitrogens with one attached hydrogen (secondary N) is 2. The number of phenols is 1. The maximum atomic E-state index is 12.7. The zero-order valence-electron chi connectivity index (χ0n) is 16.6. The van der Waals surface area contributed by atoms with Gasteiger partial charge >= 0.3 is 11.9 Å². The summed E-state index contributed by atoms with van der Waals surface area (Å²) in [5, 5.41) is 32.0. The minimum atomic E-state index is -1.42. The zero-order chi connectivity index (χ0) is 23.6. The van der Waals surface area contributed by atoms with Crippen molar-refractivity contribution in [3.8, 4) is 5.75 Å². The molecule has 0 aromatic heterocycles. The van der Waals surface area contributed by atoms with Crippen molar-refractivity contribution in [2.45, 2.75) is 50.2 Å². The molecule has 3 amide bonds. The number of hydrogen-bond donors (Lipinski definition) is 7. The predicted octanol–water partition coefficient (Wildman–Crippen LogP) is -1.55.